The van der Waals surface area contributed by atoms with Gasteiger partial charge in [-0.05, 0) is 37.3 Å². The lowest BCUT2D eigenvalue weighted by Crippen LogP contribution is -2.23. The molecule has 1 heterocycles. The summed E-state index contributed by atoms with van der Waals surface area (Å²) in [6.07, 6.45) is 0. The molecule has 1 amide bonds. The zero-order valence-electron chi connectivity index (χ0n) is 16.7. The molecule has 0 radical (unpaired) electrons. The van der Waals surface area contributed by atoms with Gasteiger partial charge in [0.2, 0.25) is 10.0 Å². The number of aromatic nitrogens is 2. The third kappa shape index (κ3) is 4.58. The SMILES string of the molecule is Cc1cc(NC(=O)c2cc(S(=O)(=O)N(C)C)ccc2Cl)n(-c2ccc([N+](=O)[O-])cc2)n1. The Bertz CT molecular complexity index is 1270. The number of non-ortho nitro benzene ring substituents is 1. The monoisotopic (exact) mass is 463 g/mol. The number of aryl methyl sites for hydroxylation is 1. The summed E-state index contributed by atoms with van der Waals surface area (Å²) in [5.41, 5.74) is 0.968. The summed E-state index contributed by atoms with van der Waals surface area (Å²) in [7, 11) is -0.990. The van der Waals surface area contributed by atoms with E-state index in [1.807, 2.05) is 0 Å². The molecular weight excluding hydrogens is 446 g/mol. The molecule has 0 saturated heterocycles. The Labute approximate surface area is 183 Å². The molecule has 0 aliphatic heterocycles. The molecule has 2 aromatic carbocycles. The average Bonchev–Trinajstić information content (AvgIpc) is 3.07. The molecule has 0 spiro atoms. The number of carbonyl (C=O) groups is 1. The second-order valence-corrected chi connectivity index (χ2v) is 9.30. The van der Waals surface area contributed by atoms with Crippen molar-refractivity contribution in [3.8, 4) is 5.69 Å². The third-order valence-electron chi connectivity index (χ3n) is 4.34. The topological polar surface area (TPSA) is 127 Å². The standard InChI is InChI=1S/C19H18ClN5O5S/c1-12-10-18(24(22-12)13-4-6-14(7-5-13)25(27)28)21-19(26)16-11-15(8-9-17(16)20)31(29,30)23(2)3/h4-11H,1-3H3,(H,21,26). The van der Waals surface area contributed by atoms with Crippen LogP contribution in [0.5, 0.6) is 0 Å². The van der Waals surface area contributed by atoms with Gasteiger partial charge in [0.15, 0.2) is 0 Å². The number of sulfonamides is 1. The molecule has 0 aliphatic carbocycles. The molecule has 162 valence electrons. The second-order valence-electron chi connectivity index (χ2n) is 6.74. The van der Waals surface area contributed by atoms with Gasteiger partial charge < -0.3 is 5.32 Å². The maximum Gasteiger partial charge on any atom is 0.269 e. The van der Waals surface area contributed by atoms with Crippen molar-refractivity contribution in [1.29, 1.82) is 0 Å². The minimum Gasteiger partial charge on any atom is -0.306 e. The lowest BCUT2D eigenvalue weighted by molar-refractivity contribution is -0.384. The first-order valence-electron chi connectivity index (χ1n) is 8.85. The van der Waals surface area contributed by atoms with E-state index in [0.29, 0.717) is 11.4 Å². The van der Waals surface area contributed by atoms with Gasteiger partial charge in [-0.2, -0.15) is 5.10 Å². The summed E-state index contributed by atoms with van der Waals surface area (Å²) in [6.45, 7) is 1.72. The number of amides is 1. The van der Waals surface area contributed by atoms with Crippen LogP contribution in [0.25, 0.3) is 5.69 Å². The van der Waals surface area contributed by atoms with Crippen molar-refractivity contribution in [2.75, 3.05) is 19.4 Å². The van der Waals surface area contributed by atoms with Crippen molar-refractivity contribution in [1.82, 2.24) is 14.1 Å². The van der Waals surface area contributed by atoms with E-state index in [0.717, 1.165) is 4.31 Å². The molecule has 0 unspecified atom stereocenters. The molecule has 0 atom stereocenters. The van der Waals surface area contributed by atoms with E-state index in [2.05, 4.69) is 10.4 Å². The Hall–Kier alpha value is -3.28. The fourth-order valence-corrected chi connectivity index (χ4v) is 3.87. The van der Waals surface area contributed by atoms with Gasteiger partial charge in [0.1, 0.15) is 5.82 Å². The van der Waals surface area contributed by atoms with Crippen molar-refractivity contribution in [3.63, 3.8) is 0 Å². The maximum atomic E-state index is 12.9. The predicted molar refractivity (Wildman–Crippen MR) is 115 cm³/mol. The van der Waals surface area contributed by atoms with Gasteiger partial charge in [-0.25, -0.2) is 17.4 Å². The van der Waals surface area contributed by atoms with Crippen LogP contribution in [0.15, 0.2) is 53.4 Å². The number of benzene rings is 2. The Kier molecular flexibility index (Phi) is 6.11. The van der Waals surface area contributed by atoms with Crippen LogP contribution < -0.4 is 5.32 Å². The van der Waals surface area contributed by atoms with Gasteiger partial charge in [-0.15, -0.1) is 0 Å². The molecule has 0 fully saturated rings. The number of rotatable bonds is 6. The van der Waals surface area contributed by atoms with Gasteiger partial charge >= 0.3 is 0 Å². The smallest absolute Gasteiger partial charge is 0.269 e. The Morgan fingerprint density at radius 1 is 1.16 bits per heavy atom. The molecule has 0 aliphatic rings. The first-order valence-corrected chi connectivity index (χ1v) is 10.7. The number of nitro benzene ring substituents is 1. The predicted octanol–water partition coefficient (Wildman–Crippen LogP) is 3.24. The zero-order valence-corrected chi connectivity index (χ0v) is 18.3. The van der Waals surface area contributed by atoms with E-state index in [1.54, 1.807) is 13.0 Å². The van der Waals surface area contributed by atoms with E-state index >= 15 is 0 Å². The molecule has 31 heavy (non-hydrogen) atoms. The van der Waals surface area contributed by atoms with Gasteiger partial charge in [-0.3, -0.25) is 14.9 Å². The molecule has 10 nitrogen and oxygen atoms in total. The molecular formula is C19H18ClN5O5S. The van der Waals surface area contributed by atoms with Crippen LogP contribution >= 0.6 is 11.6 Å². The van der Waals surface area contributed by atoms with Gasteiger partial charge in [0, 0.05) is 32.3 Å². The van der Waals surface area contributed by atoms with Gasteiger partial charge in [0.05, 0.1) is 31.8 Å². The fourth-order valence-electron chi connectivity index (χ4n) is 2.73. The minimum absolute atomic E-state index is 0.0290. The van der Waals surface area contributed by atoms with Gasteiger partial charge in [0.25, 0.3) is 11.6 Å². The minimum atomic E-state index is -3.76. The highest BCUT2D eigenvalue weighted by Gasteiger charge is 2.22. The maximum absolute atomic E-state index is 12.9. The normalized spacial score (nSPS) is 11.5. The van der Waals surface area contributed by atoms with Crippen LogP contribution in [-0.2, 0) is 10.0 Å². The number of nitro groups is 1. The lowest BCUT2D eigenvalue weighted by atomic mass is 10.2. The van der Waals surface area contributed by atoms with E-state index < -0.39 is 20.9 Å². The van der Waals surface area contributed by atoms with Gasteiger partial charge in [-0.1, -0.05) is 11.6 Å². The molecule has 12 heteroatoms. The molecule has 0 bridgehead atoms. The average molecular weight is 464 g/mol. The van der Waals surface area contributed by atoms with Crippen LogP contribution in [0.2, 0.25) is 5.02 Å². The Morgan fingerprint density at radius 3 is 2.39 bits per heavy atom. The number of halogens is 1. The largest absolute Gasteiger partial charge is 0.306 e. The van der Waals surface area contributed by atoms with Crippen LogP contribution in [-0.4, -0.2) is 47.4 Å². The Morgan fingerprint density at radius 2 is 1.81 bits per heavy atom. The van der Waals surface area contributed by atoms with E-state index in [9.17, 15) is 23.3 Å². The third-order valence-corrected chi connectivity index (χ3v) is 6.48. The van der Waals surface area contributed by atoms with Crippen LogP contribution in [0.4, 0.5) is 11.5 Å². The first-order chi connectivity index (χ1) is 14.5. The Balaban J connectivity index is 1.96. The van der Waals surface area contributed by atoms with Crippen molar-refractivity contribution in [2.45, 2.75) is 11.8 Å². The van der Waals surface area contributed by atoms with Crippen LogP contribution in [0.1, 0.15) is 16.1 Å². The van der Waals surface area contributed by atoms with Crippen LogP contribution in [0.3, 0.4) is 0 Å². The highest BCUT2D eigenvalue weighted by atomic mass is 35.5. The molecule has 3 aromatic rings. The van der Waals surface area contributed by atoms with Crippen molar-refractivity contribution in [3.05, 3.63) is 74.9 Å². The van der Waals surface area contributed by atoms with Crippen LogP contribution in [0, 0.1) is 17.0 Å². The summed E-state index contributed by atoms with van der Waals surface area (Å²) in [4.78, 5) is 23.2. The first kappa shape index (κ1) is 22.4. The highest BCUT2D eigenvalue weighted by molar-refractivity contribution is 7.89. The quantitative estimate of drug-likeness (QED) is 0.441. The summed E-state index contributed by atoms with van der Waals surface area (Å²) in [6, 6.07) is 11.1. The summed E-state index contributed by atoms with van der Waals surface area (Å²) in [5.74, 6) is -0.350. The summed E-state index contributed by atoms with van der Waals surface area (Å²) < 4.78 is 27.2. The second kappa shape index (κ2) is 8.46. The summed E-state index contributed by atoms with van der Waals surface area (Å²) in [5, 5.41) is 17.9. The number of hydrogen-bond acceptors (Lipinski definition) is 6. The molecule has 1 aromatic heterocycles. The number of carbonyl (C=O) groups excluding carboxylic acids is 1. The molecule has 1 N–H and O–H groups in total. The number of anilines is 1. The number of nitrogens with zero attached hydrogens (tertiary/aromatic N) is 4. The van der Waals surface area contributed by atoms with Crippen molar-refractivity contribution in [2.24, 2.45) is 0 Å². The fraction of sp³-hybridized carbons (Fsp3) is 0.158. The van der Waals surface area contributed by atoms with Crippen molar-refractivity contribution < 1.29 is 18.1 Å². The highest BCUT2D eigenvalue weighted by Crippen LogP contribution is 2.25. The van der Waals surface area contributed by atoms with E-state index in [4.69, 9.17) is 11.6 Å². The zero-order chi connectivity index (χ0) is 22.9. The summed E-state index contributed by atoms with van der Waals surface area (Å²) >= 11 is 6.14. The van der Waals surface area contributed by atoms with E-state index in [-0.39, 0.29) is 27.0 Å². The van der Waals surface area contributed by atoms with Crippen molar-refractivity contribution >= 4 is 39.0 Å². The number of hydrogen-bond donors (Lipinski definition) is 1. The van der Waals surface area contributed by atoms with E-state index in [1.165, 1.54) is 61.2 Å². The number of nitrogens with one attached hydrogen (secondary N) is 1. The lowest BCUT2D eigenvalue weighted by Gasteiger charge is -2.13. The molecule has 3 rings (SSSR count). The molecule has 0 saturated carbocycles.